The predicted octanol–water partition coefficient (Wildman–Crippen LogP) is 1.52. The van der Waals surface area contributed by atoms with E-state index in [1.807, 2.05) is 0 Å². The van der Waals surface area contributed by atoms with E-state index < -0.39 is 5.97 Å². The van der Waals surface area contributed by atoms with Crippen LogP contribution in [0, 0.1) is 0 Å². The summed E-state index contributed by atoms with van der Waals surface area (Å²) in [6, 6.07) is 3.45. The molecular weight excluding hydrogens is 224 g/mol. The number of hydrogen-bond donors (Lipinski definition) is 1. The highest BCUT2D eigenvalue weighted by Gasteiger charge is 2.19. The van der Waals surface area contributed by atoms with Crippen molar-refractivity contribution >= 4 is 5.97 Å². The predicted molar refractivity (Wildman–Crippen MR) is 58.6 cm³/mol. The van der Waals surface area contributed by atoms with Crippen molar-refractivity contribution in [3.8, 4) is 11.5 Å². The third-order valence-electron chi connectivity index (χ3n) is 2.35. The van der Waals surface area contributed by atoms with Crippen LogP contribution in [0.3, 0.4) is 0 Å². The quantitative estimate of drug-likeness (QED) is 0.870. The molecule has 0 fully saturated rings. The number of carbonyl (C=O) groups is 1. The fraction of sp³-hybridized carbons (Fsp3) is 0.273. The summed E-state index contributed by atoms with van der Waals surface area (Å²) < 4.78 is 11.9. The van der Waals surface area contributed by atoms with Gasteiger partial charge in [-0.2, -0.15) is 5.10 Å². The molecule has 0 aliphatic rings. The van der Waals surface area contributed by atoms with Crippen LogP contribution in [0.2, 0.25) is 0 Å². The summed E-state index contributed by atoms with van der Waals surface area (Å²) in [4.78, 5) is 11.0. The normalized spacial score (nSPS) is 10.7. The molecule has 0 saturated heterocycles. The molecule has 0 aliphatic carbocycles. The lowest BCUT2D eigenvalue weighted by molar-refractivity contribution is 0.0697. The summed E-state index contributed by atoms with van der Waals surface area (Å²) in [6.07, 6.45) is 1.30. The second-order valence-corrected chi connectivity index (χ2v) is 3.53. The van der Waals surface area contributed by atoms with Crippen molar-refractivity contribution in [1.29, 1.82) is 0 Å². The van der Waals surface area contributed by atoms with Gasteiger partial charge in [-0.3, -0.25) is 4.68 Å². The van der Waals surface area contributed by atoms with E-state index in [1.165, 1.54) is 10.9 Å². The van der Waals surface area contributed by atoms with E-state index in [0.29, 0.717) is 23.8 Å². The molecule has 1 N–H and O–H groups in total. The Hall–Kier alpha value is -2.08. The first kappa shape index (κ1) is 11.4. The Morgan fingerprint density at radius 2 is 2.35 bits per heavy atom. The largest absolute Gasteiger partial charge is 0.478 e. The van der Waals surface area contributed by atoms with Gasteiger partial charge in [-0.1, -0.05) is 0 Å². The van der Waals surface area contributed by atoms with E-state index in [1.54, 1.807) is 26.3 Å². The van der Waals surface area contributed by atoms with Gasteiger partial charge in [0.25, 0.3) is 0 Å². The van der Waals surface area contributed by atoms with Crippen molar-refractivity contribution < 1.29 is 19.1 Å². The van der Waals surface area contributed by atoms with E-state index in [9.17, 15) is 4.79 Å². The Morgan fingerprint density at radius 3 is 3.00 bits per heavy atom. The number of aromatic nitrogens is 2. The minimum absolute atomic E-state index is 0.116. The number of carboxylic acid groups (broad SMARTS) is 1. The molecule has 0 aliphatic heterocycles. The van der Waals surface area contributed by atoms with Crippen LogP contribution >= 0.6 is 0 Å². The molecule has 6 nitrogen and oxygen atoms in total. The molecular formula is C11H12N2O4. The SMILES string of the molecule is COCc1ccc(-c2c(C(=O)O)cnn2C)o1. The van der Waals surface area contributed by atoms with Gasteiger partial charge in [0.1, 0.15) is 23.6 Å². The Balaban J connectivity index is 2.44. The molecule has 0 bridgehead atoms. The summed E-state index contributed by atoms with van der Waals surface area (Å²) >= 11 is 0. The number of hydrogen-bond acceptors (Lipinski definition) is 4. The van der Waals surface area contributed by atoms with E-state index in [-0.39, 0.29) is 5.56 Å². The number of methoxy groups -OCH3 is 1. The number of aryl methyl sites for hydroxylation is 1. The summed E-state index contributed by atoms with van der Waals surface area (Å²) in [5.41, 5.74) is 0.561. The Labute approximate surface area is 97.4 Å². The highest BCUT2D eigenvalue weighted by atomic mass is 16.5. The Kier molecular flexibility index (Phi) is 2.97. The number of rotatable bonds is 4. The van der Waals surface area contributed by atoms with Gasteiger partial charge < -0.3 is 14.3 Å². The molecule has 6 heteroatoms. The molecule has 0 atom stereocenters. The zero-order valence-electron chi connectivity index (χ0n) is 9.51. The van der Waals surface area contributed by atoms with Crippen LogP contribution in [-0.4, -0.2) is 28.0 Å². The second-order valence-electron chi connectivity index (χ2n) is 3.53. The molecule has 0 aromatic carbocycles. The molecule has 2 rings (SSSR count). The van der Waals surface area contributed by atoms with Gasteiger partial charge in [0, 0.05) is 14.2 Å². The lowest BCUT2D eigenvalue weighted by Gasteiger charge is -2.00. The van der Waals surface area contributed by atoms with Gasteiger partial charge in [-0.15, -0.1) is 0 Å². The zero-order chi connectivity index (χ0) is 12.4. The van der Waals surface area contributed by atoms with Crippen LogP contribution in [0.25, 0.3) is 11.5 Å². The van der Waals surface area contributed by atoms with Gasteiger partial charge in [-0.05, 0) is 12.1 Å². The summed E-state index contributed by atoms with van der Waals surface area (Å²) in [6.45, 7) is 0.347. The van der Waals surface area contributed by atoms with Crippen LogP contribution in [-0.2, 0) is 18.4 Å². The number of nitrogens with zero attached hydrogens (tertiary/aromatic N) is 2. The number of ether oxygens (including phenoxy) is 1. The number of carboxylic acids is 1. The lowest BCUT2D eigenvalue weighted by atomic mass is 10.2. The van der Waals surface area contributed by atoms with Gasteiger partial charge in [0.15, 0.2) is 5.76 Å². The second kappa shape index (κ2) is 4.42. The zero-order valence-corrected chi connectivity index (χ0v) is 9.51. The van der Waals surface area contributed by atoms with Crippen LogP contribution in [0.4, 0.5) is 0 Å². The molecule has 2 aromatic heterocycles. The fourth-order valence-electron chi connectivity index (χ4n) is 1.61. The fourth-order valence-corrected chi connectivity index (χ4v) is 1.61. The van der Waals surface area contributed by atoms with Crippen molar-refractivity contribution in [2.24, 2.45) is 7.05 Å². The molecule has 0 saturated carbocycles. The van der Waals surface area contributed by atoms with Gasteiger partial charge in [-0.25, -0.2) is 4.79 Å². The lowest BCUT2D eigenvalue weighted by Crippen LogP contribution is -1.99. The van der Waals surface area contributed by atoms with Crippen LogP contribution in [0.15, 0.2) is 22.7 Å². The summed E-state index contributed by atoms with van der Waals surface area (Å²) in [5, 5.41) is 12.9. The third kappa shape index (κ3) is 2.07. The molecule has 0 amide bonds. The molecule has 2 aromatic rings. The monoisotopic (exact) mass is 236 g/mol. The first-order valence-corrected chi connectivity index (χ1v) is 4.96. The van der Waals surface area contributed by atoms with Crippen molar-refractivity contribution in [3.05, 3.63) is 29.7 Å². The van der Waals surface area contributed by atoms with Crippen molar-refractivity contribution in [3.63, 3.8) is 0 Å². The van der Waals surface area contributed by atoms with E-state index in [4.69, 9.17) is 14.3 Å². The maximum absolute atomic E-state index is 11.0. The molecule has 90 valence electrons. The number of furan rings is 1. The summed E-state index contributed by atoms with van der Waals surface area (Å²) in [5.74, 6) is 0.0762. The van der Waals surface area contributed by atoms with E-state index in [0.717, 1.165) is 0 Å². The molecule has 0 unspecified atom stereocenters. The average Bonchev–Trinajstić information content (AvgIpc) is 2.85. The number of aromatic carboxylic acids is 1. The average molecular weight is 236 g/mol. The minimum Gasteiger partial charge on any atom is -0.478 e. The summed E-state index contributed by atoms with van der Waals surface area (Å²) in [7, 11) is 3.23. The van der Waals surface area contributed by atoms with Gasteiger partial charge >= 0.3 is 5.97 Å². The smallest absolute Gasteiger partial charge is 0.339 e. The van der Waals surface area contributed by atoms with E-state index >= 15 is 0 Å². The standard InChI is InChI=1S/C11H12N2O4/c1-13-10(8(5-12-13)11(14)15)9-4-3-7(17-9)6-16-2/h3-5H,6H2,1-2H3,(H,14,15). The van der Waals surface area contributed by atoms with Crippen molar-refractivity contribution in [2.45, 2.75) is 6.61 Å². The minimum atomic E-state index is -1.03. The molecule has 2 heterocycles. The van der Waals surface area contributed by atoms with Gasteiger partial charge in [0.05, 0.1) is 6.20 Å². The first-order chi connectivity index (χ1) is 8.13. The van der Waals surface area contributed by atoms with E-state index in [2.05, 4.69) is 5.10 Å². The van der Waals surface area contributed by atoms with Crippen molar-refractivity contribution in [1.82, 2.24) is 9.78 Å². The van der Waals surface area contributed by atoms with Crippen LogP contribution < -0.4 is 0 Å². The Morgan fingerprint density at radius 1 is 1.59 bits per heavy atom. The Bertz CT molecular complexity index is 541. The molecule has 0 spiro atoms. The maximum Gasteiger partial charge on any atom is 0.339 e. The van der Waals surface area contributed by atoms with Crippen LogP contribution in [0.1, 0.15) is 16.1 Å². The third-order valence-corrected chi connectivity index (χ3v) is 2.35. The first-order valence-electron chi connectivity index (χ1n) is 4.96. The van der Waals surface area contributed by atoms with Crippen LogP contribution in [0.5, 0.6) is 0 Å². The molecule has 17 heavy (non-hydrogen) atoms. The topological polar surface area (TPSA) is 77.5 Å². The van der Waals surface area contributed by atoms with Gasteiger partial charge in [0.2, 0.25) is 0 Å². The molecule has 0 radical (unpaired) electrons. The van der Waals surface area contributed by atoms with Crippen molar-refractivity contribution in [2.75, 3.05) is 7.11 Å². The highest BCUT2D eigenvalue weighted by molar-refractivity contribution is 5.93. The maximum atomic E-state index is 11.0. The highest BCUT2D eigenvalue weighted by Crippen LogP contribution is 2.25.